The van der Waals surface area contributed by atoms with Crippen LogP contribution in [0.3, 0.4) is 0 Å². The number of hydrogen-bond donors (Lipinski definition) is 3. The highest BCUT2D eigenvalue weighted by atomic mass is 16.4. The molecule has 1 amide bonds. The second-order valence-electron chi connectivity index (χ2n) is 4.19. The maximum absolute atomic E-state index is 11.4. The lowest BCUT2D eigenvalue weighted by molar-refractivity contribution is -0.143. The molecule has 0 bridgehead atoms. The highest BCUT2D eigenvalue weighted by Gasteiger charge is 2.47. The topological polar surface area (TPSA) is 92.4 Å². The third-order valence-electron chi connectivity index (χ3n) is 2.46. The largest absolute Gasteiger partial charge is 0.480 e. The van der Waals surface area contributed by atoms with Crippen molar-refractivity contribution in [1.82, 2.24) is 5.32 Å². The summed E-state index contributed by atoms with van der Waals surface area (Å²) < 4.78 is 0. The molecule has 80 valence electrons. The van der Waals surface area contributed by atoms with Crippen LogP contribution in [0.25, 0.3) is 0 Å². The molecule has 0 heterocycles. The molecular weight excluding hydrogens is 184 g/mol. The number of hydrogen-bond acceptors (Lipinski definition) is 3. The van der Waals surface area contributed by atoms with Crippen LogP contribution in [0.15, 0.2) is 0 Å². The zero-order valence-electron chi connectivity index (χ0n) is 8.41. The van der Waals surface area contributed by atoms with Crippen molar-refractivity contribution in [3.63, 3.8) is 0 Å². The smallest absolute Gasteiger partial charge is 0.326 e. The lowest BCUT2D eigenvalue weighted by Crippen LogP contribution is -2.51. The first-order valence-electron chi connectivity index (χ1n) is 4.69. The minimum Gasteiger partial charge on any atom is -0.480 e. The molecule has 0 aromatic heterocycles. The number of aliphatic carboxylic acids is 1. The summed E-state index contributed by atoms with van der Waals surface area (Å²) in [5.74, 6) is -1.50. The third kappa shape index (κ3) is 2.23. The van der Waals surface area contributed by atoms with Gasteiger partial charge in [0.25, 0.3) is 0 Å². The van der Waals surface area contributed by atoms with Crippen LogP contribution in [0, 0.1) is 5.92 Å². The van der Waals surface area contributed by atoms with Crippen molar-refractivity contribution < 1.29 is 14.7 Å². The van der Waals surface area contributed by atoms with Crippen LogP contribution in [0.2, 0.25) is 0 Å². The van der Waals surface area contributed by atoms with E-state index in [4.69, 9.17) is 10.8 Å². The van der Waals surface area contributed by atoms with Crippen LogP contribution in [0.4, 0.5) is 0 Å². The molecule has 1 unspecified atom stereocenters. The van der Waals surface area contributed by atoms with E-state index in [9.17, 15) is 9.59 Å². The van der Waals surface area contributed by atoms with Crippen LogP contribution in [0.5, 0.6) is 0 Å². The lowest BCUT2D eigenvalue weighted by Gasteiger charge is -2.19. The molecule has 14 heavy (non-hydrogen) atoms. The molecule has 4 N–H and O–H groups in total. The fourth-order valence-electron chi connectivity index (χ4n) is 1.16. The average molecular weight is 200 g/mol. The van der Waals surface area contributed by atoms with E-state index >= 15 is 0 Å². The Morgan fingerprint density at radius 3 is 2.21 bits per heavy atom. The number of nitrogens with two attached hydrogens (primary N) is 1. The second kappa shape index (κ2) is 3.57. The molecule has 0 aromatic rings. The van der Waals surface area contributed by atoms with Gasteiger partial charge in [-0.2, -0.15) is 0 Å². The predicted octanol–water partition coefficient (Wildman–Crippen LogP) is -0.297. The molecule has 0 aliphatic heterocycles. The van der Waals surface area contributed by atoms with Crippen molar-refractivity contribution in [2.24, 2.45) is 11.7 Å². The minimum atomic E-state index is -1.02. The van der Waals surface area contributed by atoms with E-state index in [0.29, 0.717) is 12.8 Å². The molecule has 0 saturated heterocycles. The minimum absolute atomic E-state index is 0.140. The maximum atomic E-state index is 11.4. The van der Waals surface area contributed by atoms with Gasteiger partial charge in [0.05, 0.1) is 5.54 Å². The van der Waals surface area contributed by atoms with Gasteiger partial charge < -0.3 is 16.2 Å². The number of rotatable bonds is 4. The number of carbonyl (C=O) groups excluding carboxylic acids is 1. The molecule has 0 radical (unpaired) electrons. The molecule has 1 aliphatic rings. The van der Waals surface area contributed by atoms with Gasteiger partial charge in [0.1, 0.15) is 6.04 Å². The van der Waals surface area contributed by atoms with Crippen molar-refractivity contribution in [3.05, 3.63) is 0 Å². The first-order chi connectivity index (χ1) is 6.37. The van der Waals surface area contributed by atoms with Crippen LogP contribution in [-0.2, 0) is 9.59 Å². The second-order valence-corrected chi connectivity index (χ2v) is 4.19. The first-order valence-corrected chi connectivity index (χ1v) is 4.69. The van der Waals surface area contributed by atoms with Gasteiger partial charge in [0.15, 0.2) is 0 Å². The monoisotopic (exact) mass is 200 g/mol. The lowest BCUT2D eigenvalue weighted by atomic mass is 10.0. The Bertz CT molecular complexity index is 259. The molecule has 0 spiro atoms. The molecule has 1 fully saturated rings. The van der Waals surface area contributed by atoms with Gasteiger partial charge in [-0.05, 0) is 18.8 Å². The molecule has 5 heteroatoms. The van der Waals surface area contributed by atoms with Crippen LogP contribution >= 0.6 is 0 Å². The summed E-state index contributed by atoms with van der Waals surface area (Å²) in [4.78, 5) is 22.2. The molecule has 1 atom stereocenters. The van der Waals surface area contributed by atoms with Gasteiger partial charge in [0.2, 0.25) is 5.91 Å². The Labute approximate surface area is 82.7 Å². The summed E-state index contributed by atoms with van der Waals surface area (Å²) >= 11 is 0. The molecule has 0 aromatic carbocycles. The highest BCUT2D eigenvalue weighted by molar-refractivity contribution is 5.92. The van der Waals surface area contributed by atoms with E-state index in [-0.39, 0.29) is 11.8 Å². The number of carbonyl (C=O) groups is 2. The van der Waals surface area contributed by atoms with Gasteiger partial charge in [-0.25, -0.2) is 4.79 Å². The Hall–Kier alpha value is -1.10. The van der Waals surface area contributed by atoms with Crippen molar-refractivity contribution in [1.29, 1.82) is 0 Å². The molecule has 5 nitrogen and oxygen atoms in total. The fourth-order valence-corrected chi connectivity index (χ4v) is 1.16. The van der Waals surface area contributed by atoms with Crippen molar-refractivity contribution in [2.45, 2.75) is 38.3 Å². The van der Waals surface area contributed by atoms with Gasteiger partial charge in [-0.1, -0.05) is 13.8 Å². The predicted molar refractivity (Wildman–Crippen MR) is 50.6 cm³/mol. The van der Waals surface area contributed by atoms with Crippen LogP contribution in [-0.4, -0.2) is 28.6 Å². The normalized spacial score (nSPS) is 20.3. The zero-order valence-corrected chi connectivity index (χ0v) is 8.41. The fraction of sp³-hybridized carbons (Fsp3) is 0.778. The molecule has 1 saturated carbocycles. The SMILES string of the molecule is CC(C)C(NC(=O)C1(N)CC1)C(=O)O. The van der Waals surface area contributed by atoms with Gasteiger partial charge >= 0.3 is 5.97 Å². The molecular formula is C9H16N2O3. The van der Waals surface area contributed by atoms with Gasteiger partial charge in [-0.3, -0.25) is 4.79 Å². The summed E-state index contributed by atoms with van der Waals surface area (Å²) in [6, 6.07) is -0.844. The van der Waals surface area contributed by atoms with Gasteiger partial charge in [-0.15, -0.1) is 0 Å². The summed E-state index contributed by atoms with van der Waals surface area (Å²) in [5, 5.41) is 11.3. The first kappa shape index (κ1) is 11.0. The number of nitrogens with one attached hydrogen (secondary N) is 1. The Morgan fingerprint density at radius 2 is 1.93 bits per heavy atom. The van der Waals surface area contributed by atoms with Crippen molar-refractivity contribution in [2.75, 3.05) is 0 Å². The van der Waals surface area contributed by atoms with E-state index in [2.05, 4.69) is 5.32 Å². The van der Waals surface area contributed by atoms with Crippen LogP contribution < -0.4 is 11.1 Å². The summed E-state index contributed by atoms with van der Waals surface area (Å²) in [6.07, 6.45) is 1.28. The Balaban J connectivity index is 2.56. The maximum Gasteiger partial charge on any atom is 0.326 e. The summed E-state index contributed by atoms with van der Waals surface area (Å²) in [6.45, 7) is 3.49. The molecule has 1 rings (SSSR count). The highest BCUT2D eigenvalue weighted by Crippen LogP contribution is 2.32. The Morgan fingerprint density at radius 1 is 1.43 bits per heavy atom. The Kier molecular flexibility index (Phi) is 2.80. The van der Waals surface area contributed by atoms with Crippen molar-refractivity contribution in [3.8, 4) is 0 Å². The summed E-state index contributed by atoms with van der Waals surface area (Å²) in [7, 11) is 0. The summed E-state index contributed by atoms with van der Waals surface area (Å²) in [5.41, 5.74) is 4.83. The van der Waals surface area contributed by atoms with E-state index in [0.717, 1.165) is 0 Å². The quantitative estimate of drug-likeness (QED) is 0.581. The number of carboxylic acids is 1. The standard InChI is InChI=1S/C9H16N2O3/c1-5(2)6(7(12)13)11-8(14)9(10)3-4-9/h5-6H,3-4,10H2,1-2H3,(H,11,14)(H,12,13). The van der Waals surface area contributed by atoms with Crippen molar-refractivity contribution >= 4 is 11.9 Å². The number of amides is 1. The third-order valence-corrected chi connectivity index (χ3v) is 2.46. The zero-order chi connectivity index (χ0) is 10.9. The number of carboxylic acid groups (broad SMARTS) is 1. The van der Waals surface area contributed by atoms with E-state index < -0.39 is 17.6 Å². The average Bonchev–Trinajstić information content (AvgIpc) is 2.79. The van der Waals surface area contributed by atoms with Gasteiger partial charge in [0, 0.05) is 0 Å². The van der Waals surface area contributed by atoms with E-state index in [1.54, 1.807) is 13.8 Å². The molecule has 1 aliphatic carbocycles. The van der Waals surface area contributed by atoms with E-state index in [1.165, 1.54) is 0 Å². The van der Waals surface area contributed by atoms with Crippen LogP contribution in [0.1, 0.15) is 26.7 Å². The van der Waals surface area contributed by atoms with E-state index in [1.807, 2.05) is 0 Å².